The molecular weight excluding hydrogens is 451 g/mol. The Morgan fingerprint density at radius 2 is 2.00 bits per heavy atom. The SMILES string of the molecule is COCCOC1CC=C(c2cc(Cl)c(-c3ccn4ncc(CC(=O)O)c4c3)c(Cl)c2)CC1. The lowest BCUT2D eigenvalue weighted by atomic mass is 9.91. The van der Waals surface area contributed by atoms with Gasteiger partial charge in [0.1, 0.15) is 0 Å². The Hall–Kier alpha value is -2.38. The summed E-state index contributed by atoms with van der Waals surface area (Å²) in [5.74, 6) is -0.905. The third-order valence-electron chi connectivity index (χ3n) is 5.65. The molecule has 6 nitrogen and oxygen atoms in total. The summed E-state index contributed by atoms with van der Waals surface area (Å²) in [6, 6.07) is 7.64. The van der Waals surface area contributed by atoms with E-state index in [0.717, 1.165) is 41.5 Å². The maximum absolute atomic E-state index is 11.1. The molecule has 1 unspecified atom stereocenters. The summed E-state index contributed by atoms with van der Waals surface area (Å²) < 4.78 is 12.5. The molecule has 1 aromatic carbocycles. The molecule has 0 saturated heterocycles. The standard InChI is InChI=1S/C24H24Cl2N2O4/c1-31-8-9-32-19-4-2-15(3-5-19)17-10-20(25)24(21(26)11-17)16-6-7-28-22(12-16)18(14-27-28)13-23(29)30/h2,6-7,10-12,14,19H,3-5,8-9,13H2,1H3,(H,29,30). The molecule has 0 amide bonds. The first-order valence-corrected chi connectivity index (χ1v) is 11.2. The molecule has 4 rings (SSSR count). The van der Waals surface area contributed by atoms with Crippen molar-refractivity contribution in [1.82, 2.24) is 9.61 Å². The van der Waals surface area contributed by atoms with Crippen LogP contribution in [0.15, 0.2) is 42.7 Å². The zero-order valence-electron chi connectivity index (χ0n) is 17.7. The summed E-state index contributed by atoms with van der Waals surface area (Å²) in [6.45, 7) is 1.20. The second-order valence-electron chi connectivity index (χ2n) is 7.79. The van der Waals surface area contributed by atoms with Crippen molar-refractivity contribution < 1.29 is 19.4 Å². The van der Waals surface area contributed by atoms with Crippen LogP contribution >= 0.6 is 23.2 Å². The van der Waals surface area contributed by atoms with E-state index in [1.807, 2.05) is 24.3 Å². The van der Waals surface area contributed by atoms with Gasteiger partial charge in [0.25, 0.3) is 0 Å². The number of carboxylic acid groups (broad SMARTS) is 1. The molecule has 0 aliphatic heterocycles. The van der Waals surface area contributed by atoms with E-state index < -0.39 is 5.97 Å². The number of aromatic nitrogens is 2. The minimum absolute atomic E-state index is 0.0995. The smallest absolute Gasteiger partial charge is 0.307 e. The molecule has 0 spiro atoms. The van der Waals surface area contributed by atoms with Gasteiger partial charge >= 0.3 is 5.97 Å². The molecule has 0 radical (unpaired) electrons. The Bertz CT molecular complexity index is 1150. The van der Waals surface area contributed by atoms with Crippen molar-refractivity contribution in [3.63, 3.8) is 0 Å². The molecule has 1 aliphatic carbocycles. The van der Waals surface area contributed by atoms with Crippen LogP contribution in [0.2, 0.25) is 10.0 Å². The highest BCUT2D eigenvalue weighted by Crippen LogP contribution is 2.39. The molecule has 8 heteroatoms. The fourth-order valence-electron chi connectivity index (χ4n) is 4.04. The number of pyridine rings is 1. The largest absolute Gasteiger partial charge is 0.481 e. The lowest BCUT2D eigenvalue weighted by Gasteiger charge is -2.23. The van der Waals surface area contributed by atoms with Crippen LogP contribution in [-0.4, -0.2) is 47.1 Å². The van der Waals surface area contributed by atoms with Gasteiger partial charge < -0.3 is 14.6 Å². The highest BCUT2D eigenvalue weighted by atomic mass is 35.5. The molecular formula is C24H24Cl2N2O4. The highest BCUT2D eigenvalue weighted by molar-refractivity contribution is 6.39. The Kier molecular flexibility index (Phi) is 7.16. The van der Waals surface area contributed by atoms with Crippen LogP contribution in [-0.2, 0) is 20.7 Å². The van der Waals surface area contributed by atoms with Crippen LogP contribution in [0.4, 0.5) is 0 Å². The average Bonchev–Trinajstić information content (AvgIpc) is 3.15. The molecule has 0 fully saturated rings. The van der Waals surface area contributed by atoms with Gasteiger partial charge in [0.15, 0.2) is 0 Å². The quantitative estimate of drug-likeness (QED) is 0.434. The van der Waals surface area contributed by atoms with E-state index in [1.54, 1.807) is 24.0 Å². The van der Waals surface area contributed by atoms with Crippen molar-refractivity contribution in [3.8, 4) is 11.1 Å². The summed E-state index contributed by atoms with van der Waals surface area (Å²) in [5.41, 5.74) is 5.11. The molecule has 1 atom stereocenters. The molecule has 1 N–H and O–H groups in total. The lowest BCUT2D eigenvalue weighted by molar-refractivity contribution is -0.136. The minimum Gasteiger partial charge on any atom is -0.481 e. The molecule has 168 valence electrons. The molecule has 0 bridgehead atoms. The van der Waals surface area contributed by atoms with E-state index in [9.17, 15) is 4.79 Å². The summed E-state index contributed by atoms with van der Waals surface area (Å²) in [7, 11) is 1.67. The van der Waals surface area contributed by atoms with Gasteiger partial charge in [-0.05, 0) is 60.2 Å². The Morgan fingerprint density at radius 3 is 2.66 bits per heavy atom. The Morgan fingerprint density at radius 1 is 1.22 bits per heavy atom. The molecule has 32 heavy (non-hydrogen) atoms. The Balaban J connectivity index is 1.59. The van der Waals surface area contributed by atoms with E-state index in [4.69, 9.17) is 37.8 Å². The number of fused-ring (bicyclic) bond motifs is 1. The van der Waals surface area contributed by atoms with Crippen LogP contribution in [0, 0.1) is 0 Å². The molecule has 2 heterocycles. The summed E-state index contributed by atoms with van der Waals surface area (Å²) >= 11 is 13.4. The second kappa shape index (κ2) is 10.0. The summed E-state index contributed by atoms with van der Waals surface area (Å²) in [5, 5.41) is 14.5. The maximum Gasteiger partial charge on any atom is 0.307 e. The number of methoxy groups -OCH3 is 1. The van der Waals surface area contributed by atoms with Crippen molar-refractivity contribution in [2.75, 3.05) is 20.3 Å². The summed E-state index contributed by atoms with van der Waals surface area (Å²) in [4.78, 5) is 11.1. The van der Waals surface area contributed by atoms with Crippen LogP contribution < -0.4 is 0 Å². The third-order valence-corrected chi connectivity index (χ3v) is 6.24. The topological polar surface area (TPSA) is 73.1 Å². The normalized spacial score (nSPS) is 16.3. The van der Waals surface area contributed by atoms with Gasteiger partial charge in [-0.3, -0.25) is 4.79 Å². The number of hydrogen-bond acceptors (Lipinski definition) is 4. The molecule has 2 aromatic heterocycles. The number of allylic oxidation sites excluding steroid dienone is 1. The van der Waals surface area contributed by atoms with Crippen LogP contribution in [0.3, 0.4) is 0 Å². The van der Waals surface area contributed by atoms with Crippen LogP contribution in [0.25, 0.3) is 22.2 Å². The van der Waals surface area contributed by atoms with Crippen LogP contribution in [0.1, 0.15) is 30.4 Å². The molecule has 3 aromatic rings. The van der Waals surface area contributed by atoms with E-state index in [-0.39, 0.29) is 12.5 Å². The first kappa shape index (κ1) is 22.8. The predicted octanol–water partition coefficient (Wildman–Crippen LogP) is 5.53. The highest BCUT2D eigenvalue weighted by Gasteiger charge is 2.19. The zero-order valence-corrected chi connectivity index (χ0v) is 19.2. The number of halogens is 2. The maximum atomic E-state index is 11.1. The van der Waals surface area contributed by atoms with Gasteiger partial charge in [-0.1, -0.05) is 29.3 Å². The minimum atomic E-state index is -0.905. The number of ether oxygens (including phenoxy) is 2. The number of rotatable bonds is 8. The van der Waals surface area contributed by atoms with Crippen molar-refractivity contribution in [3.05, 3.63) is 63.9 Å². The Labute approximate surface area is 196 Å². The third kappa shape index (κ3) is 4.99. The summed E-state index contributed by atoms with van der Waals surface area (Å²) in [6.07, 6.45) is 8.34. The van der Waals surface area contributed by atoms with Gasteiger partial charge in [-0.2, -0.15) is 5.10 Å². The van der Waals surface area contributed by atoms with Crippen molar-refractivity contribution >= 4 is 40.3 Å². The zero-order chi connectivity index (χ0) is 22.7. The number of benzene rings is 1. The first-order chi connectivity index (χ1) is 15.5. The monoisotopic (exact) mass is 474 g/mol. The number of nitrogens with zero attached hydrogens (tertiary/aromatic N) is 2. The van der Waals surface area contributed by atoms with E-state index >= 15 is 0 Å². The van der Waals surface area contributed by atoms with Crippen LogP contribution in [0.5, 0.6) is 0 Å². The van der Waals surface area contributed by atoms with Gasteiger partial charge in [0.05, 0.1) is 47.5 Å². The number of carboxylic acids is 1. The van der Waals surface area contributed by atoms with Gasteiger partial charge in [-0.25, -0.2) is 4.52 Å². The second-order valence-corrected chi connectivity index (χ2v) is 8.60. The van der Waals surface area contributed by atoms with E-state index in [0.29, 0.717) is 28.8 Å². The number of aliphatic carboxylic acids is 1. The fourth-order valence-corrected chi connectivity index (χ4v) is 4.75. The van der Waals surface area contributed by atoms with Gasteiger partial charge in [-0.15, -0.1) is 0 Å². The van der Waals surface area contributed by atoms with E-state index in [1.165, 1.54) is 5.57 Å². The van der Waals surface area contributed by atoms with Crippen molar-refractivity contribution in [2.24, 2.45) is 0 Å². The molecule has 1 aliphatic rings. The predicted molar refractivity (Wildman–Crippen MR) is 125 cm³/mol. The molecule has 0 saturated carbocycles. The number of carbonyl (C=O) groups is 1. The average molecular weight is 475 g/mol. The fraction of sp³-hybridized carbons (Fsp3) is 0.333. The first-order valence-electron chi connectivity index (χ1n) is 10.4. The number of hydrogen-bond donors (Lipinski definition) is 1. The van der Waals surface area contributed by atoms with Gasteiger partial charge in [0, 0.05) is 24.4 Å². The van der Waals surface area contributed by atoms with Gasteiger partial charge in [0.2, 0.25) is 0 Å². The lowest BCUT2D eigenvalue weighted by Crippen LogP contribution is -2.18. The van der Waals surface area contributed by atoms with Crippen molar-refractivity contribution in [1.29, 1.82) is 0 Å². The van der Waals surface area contributed by atoms with Crippen molar-refractivity contribution in [2.45, 2.75) is 31.8 Å². The van der Waals surface area contributed by atoms with E-state index in [2.05, 4.69) is 11.2 Å².